The third kappa shape index (κ3) is 3.89. The molecule has 0 spiro atoms. The Morgan fingerprint density at radius 3 is 1.86 bits per heavy atom. The summed E-state index contributed by atoms with van der Waals surface area (Å²) in [5, 5.41) is 9.59. The highest BCUT2D eigenvalue weighted by molar-refractivity contribution is 6.26. The molecule has 9 aromatic rings. The number of anilines is 3. The fourth-order valence-electron chi connectivity index (χ4n) is 6.76. The molecule has 0 amide bonds. The third-order valence-electron chi connectivity index (χ3n) is 8.80. The van der Waals surface area contributed by atoms with Crippen LogP contribution in [0.3, 0.4) is 0 Å². The Morgan fingerprint density at radius 1 is 0.364 bits per heavy atom. The zero-order valence-electron chi connectivity index (χ0n) is 23.9. The molecule has 0 radical (unpaired) electrons. The van der Waals surface area contributed by atoms with Gasteiger partial charge in [0.2, 0.25) is 0 Å². The second-order valence-corrected chi connectivity index (χ2v) is 11.4. The van der Waals surface area contributed by atoms with Crippen LogP contribution < -0.4 is 4.90 Å². The number of nitrogens with zero attached hydrogens (tertiary/aromatic N) is 1. The van der Waals surface area contributed by atoms with E-state index < -0.39 is 0 Å². The van der Waals surface area contributed by atoms with Crippen molar-refractivity contribution < 1.29 is 4.42 Å². The summed E-state index contributed by atoms with van der Waals surface area (Å²) in [5.74, 6) is 0. The SMILES string of the molecule is c1ccc(-c2cccc(N(c3ccccc3)c3ccc4c(ccc5ccc6c(ccc7c8ccccc8oc76)c54)c3)c2)cc1. The summed E-state index contributed by atoms with van der Waals surface area (Å²) in [6, 6.07) is 58.5. The highest BCUT2D eigenvalue weighted by Gasteiger charge is 2.16. The summed E-state index contributed by atoms with van der Waals surface area (Å²) in [6.07, 6.45) is 0. The number of para-hydroxylation sites is 2. The van der Waals surface area contributed by atoms with E-state index in [1.54, 1.807) is 0 Å². The van der Waals surface area contributed by atoms with Gasteiger partial charge in [0.1, 0.15) is 11.2 Å². The normalized spacial score (nSPS) is 11.6. The summed E-state index contributed by atoms with van der Waals surface area (Å²) in [4.78, 5) is 2.34. The van der Waals surface area contributed by atoms with Crippen LogP contribution in [0.25, 0.3) is 65.4 Å². The predicted octanol–water partition coefficient (Wildman–Crippen LogP) is 12.2. The van der Waals surface area contributed by atoms with Crippen LogP contribution in [0.15, 0.2) is 168 Å². The maximum absolute atomic E-state index is 6.41. The highest BCUT2D eigenvalue weighted by atomic mass is 16.3. The molecular weight excluding hydrogens is 534 g/mol. The van der Waals surface area contributed by atoms with Crippen molar-refractivity contribution in [3.05, 3.63) is 164 Å². The van der Waals surface area contributed by atoms with Crippen molar-refractivity contribution in [2.45, 2.75) is 0 Å². The maximum Gasteiger partial charge on any atom is 0.143 e. The minimum absolute atomic E-state index is 0.926. The first-order valence-electron chi connectivity index (χ1n) is 15.0. The van der Waals surface area contributed by atoms with Gasteiger partial charge in [0.25, 0.3) is 0 Å². The van der Waals surface area contributed by atoms with E-state index in [4.69, 9.17) is 4.42 Å². The molecule has 2 heteroatoms. The largest absolute Gasteiger partial charge is 0.455 e. The van der Waals surface area contributed by atoms with E-state index in [0.29, 0.717) is 0 Å². The molecule has 1 aromatic heterocycles. The molecule has 0 unspecified atom stereocenters. The fourth-order valence-corrected chi connectivity index (χ4v) is 6.76. The molecule has 0 atom stereocenters. The van der Waals surface area contributed by atoms with Crippen LogP contribution in [-0.4, -0.2) is 0 Å². The molecule has 0 bridgehead atoms. The molecule has 8 aromatic carbocycles. The van der Waals surface area contributed by atoms with Crippen molar-refractivity contribution in [2.24, 2.45) is 0 Å². The lowest BCUT2D eigenvalue weighted by Crippen LogP contribution is -2.09. The van der Waals surface area contributed by atoms with Gasteiger partial charge in [-0.2, -0.15) is 0 Å². The number of benzene rings is 8. The minimum atomic E-state index is 0.926. The lowest BCUT2D eigenvalue weighted by atomic mass is 9.95. The number of hydrogen-bond donors (Lipinski definition) is 0. The Morgan fingerprint density at radius 2 is 0.977 bits per heavy atom. The smallest absolute Gasteiger partial charge is 0.143 e. The van der Waals surface area contributed by atoms with Crippen molar-refractivity contribution in [3.63, 3.8) is 0 Å². The average Bonchev–Trinajstić information content (AvgIpc) is 3.48. The first-order valence-corrected chi connectivity index (χ1v) is 15.0. The maximum atomic E-state index is 6.41. The molecule has 1 heterocycles. The molecule has 206 valence electrons. The second kappa shape index (κ2) is 9.86. The summed E-state index contributed by atoms with van der Waals surface area (Å²) < 4.78 is 6.41. The van der Waals surface area contributed by atoms with Crippen LogP contribution in [0, 0.1) is 0 Å². The second-order valence-electron chi connectivity index (χ2n) is 11.4. The van der Waals surface area contributed by atoms with E-state index in [1.165, 1.54) is 38.1 Å². The van der Waals surface area contributed by atoms with Crippen LogP contribution in [0.5, 0.6) is 0 Å². The van der Waals surface area contributed by atoms with Gasteiger partial charge in [-0.3, -0.25) is 0 Å². The van der Waals surface area contributed by atoms with Crippen LogP contribution in [0.1, 0.15) is 0 Å². The monoisotopic (exact) mass is 561 g/mol. The van der Waals surface area contributed by atoms with Crippen LogP contribution in [0.2, 0.25) is 0 Å². The van der Waals surface area contributed by atoms with Gasteiger partial charge >= 0.3 is 0 Å². The lowest BCUT2D eigenvalue weighted by molar-refractivity contribution is 0.672. The van der Waals surface area contributed by atoms with E-state index in [0.717, 1.165) is 44.4 Å². The van der Waals surface area contributed by atoms with Gasteiger partial charge in [0.15, 0.2) is 0 Å². The molecule has 0 aliphatic carbocycles. The van der Waals surface area contributed by atoms with Crippen LogP contribution in [-0.2, 0) is 0 Å². The Balaban J connectivity index is 1.25. The number of hydrogen-bond acceptors (Lipinski definition) is 2. The summed E-state index contributed by atoms with van der Waals surface area (Å²) in [6.45, 7) is 0. The quantitative estimate of drug-likeness (QED) is 0.199. The first kappa shape index (κ1) is 24.7. The zero-order chi connectivity index (χ0) is 29.0. The summed E-state index contributed by atoms with van der Waals surface area (Å²) in [5.41, 5.74) is 7.64. The zero-order valence-corrected chi connectivity index (χ0v) is 23.9. The van der Waals surface area contributed by atoms with Gasteiger partial charge in [-0.25, -0.2) is 0 Å². The van der Waals surface area contributed by atoms with Gasteiger partial charge in [-0.05, 0) is 92.7 Å². The van der Waals surface area contributed by atoms with Crippen molar-refractivity contribution in [1.29, 1.82) is 0 Å². The Kier molecular flexibility index (Phi) is 5.54. The van der Waals surface area contributed by atoms with Crippen molar-refractivity contribution in [3.8, 4) is 11.1 Å². The molecule has 0 saturated heterocycles. The molecule has 0 aliphatic rings. The van der Waals surface area contributed by atoms with Crippen molar-refractivity contribution >= 4 is 71.3 Å². The van der Waals surface area contributed by atoms with Gasteiger partial charge in [-0.1, -0.05) is 109 Å². The Labute approximate surface area is 255 Å². The van der Waals surface area contributed by atoms with Gasteiger partial charge in [0, 0.05) is 33.2 Å². The minimum Gasteiger partial charge on any atom is -0.455 e. The molecule has 0 N–H and O–H groups in total. The standard InChI is InChI=1S/C42H27NO/c1-3-10-28(11-4-1)30-12-9-15-33(26-30)43(32-13-5-2-6-14-32)34-21-23-35-31(27-34)19-18-29-20-22-39-37(41(29)35)24-25-38-36-16-7-8-17-40(36)44-42(38)39/h1-27H. The summed E-state index contributed by atoms with van der Waals surface area (Å²) >= 11 is 0. The van der Waals surface area contributed by atoms with E-state index in [2.05, 4.69) is 157 Å². The molecular formula is C42H27NO. The van der Waals surface area contributed by atoms with Crippen molar-refractivity contribution in [2.75, 3.05) is 4.90 Å². The number of furan rings is 1. The highest BCUT2D eigenvalue weighted by Crippen LogP contribution is 2.42. The van der Waals surface area contributed by atoms with Gasteiger partial charge < -0.3 is 9.32 Å². The Bertz CT molecular complexity index is 2490. The van der Waals surface area contributed by atoms with Crippen molar-refractivity contribution in [1.82, 2.24) is 0 Å². The molecule has 0 saturated carbocycles. The van der Waals surface area contributed by atoms with Gasteiger partial charge in [0.05, 0.1) is 0 Å². The molecule has 2 nitrogen and oxygen atoms in total. The molecule has 0 aliphatic heterocycles. The van der Waals surface area contributed by atoms with E-state index >= 15 is 0 Å². The lowest BCUT2D eigenvalue weighted by Gasteiger charge is -2.26. The molecule has 0 fully saturated rings. The van der Waals surface area contributed by atoms with Crippen LogP contribution in [0.4, 0.5) is 17.1 Å². The van der Waals surface area contributed by atoms with E-state index in [9.17, 15) is 0 Å². The number of rotatable bonds is 4. The third-order valence-corrected chi connectivity index (χ3v) is 8.80. The topological polar surface area (TPSA) is 16.4 Å². The predicted molar refractivity (Wildman–Crippen MR) is 186 cm³/mol. The van der Waals surface area contributed by atoms with Gasteiger partial charge in [-0.15, -0.1) is 0 Å². The fraction of sp³-hybridized carbons (Fsp3) is 0. The summed E-state index contributed by atoms with van der Waals surface area (Å²) in [7, 11) is 0. The average molecular weight is 562 g/mol. The van der Waals surface area contributed by atoms with E-state index in [-0.39, 0.29) is 0 Å². The first-order chi connectivity index (χ1) is 21.8. The molecule has 9 rings (SSSR count). The van der Waals surface area contributed by atoms with Crippen LogP contribution >= 0.6 is 0 Å². The Hall–Kier alpha value is -5.86. The van der Waals surface area contributed by atoms with E-state index in [1.807, 2.05) is 12.1 Å². The number of fused-ring (bicyclic) bond motifs is 9. The molecule has 44 heavy (non-hydrogen) atoms.